The van der Waals surface area contributed by atoms with E-state index in [0.717, 1.165) is 0 Å². The molecule has 0 atom stereocenters. The van der Waals surface area contributed by atoms with Crippen LogP contribution in [-0.2, 0) is 19.8 Å². The number of esters is 2. The lowest BCUT2D eigenvalue weighted by molar-refractivity contribution is -0.152. The van der Waals surface area contributed by atoms with Gasteiger partial charge in [-0.1, -0.05) is 0 Å². The SMILES string of the molecule is CCOC(=O)c1csc2ncn(C(C)(C)C(=O)OCC)c(=O)c12. The molecule has 0 N–H and O–H groups in total. The van der Waals surface area contributed by atoms with Crippen molar-refractivity contribution in [3.63, 3.8) is 0 Å². The van der Waals surface area contributed by atoms with Crippen LogP contribution in [0.5, 0.6) is 0 Å². The number of aromatic nitrogens is 2. The maximum absolute atomic E-state index is 12.8. The van der Waals surface area contributed by atoms with Crippen molar-refractivity contribution in [1.29, 1.82) is 0 Å². The van der Waals surface area contributed by atoms with Crippen LogP contribution >= 0.6 is 11.3 Å². The first kappa shape index (κ1) is 17.1. The van der Waals surface area contributed by atoms with Gasteiger partial charge in [0.2, 0.25) is 0 Å². The number of hydrogen-bond donors (Lipinski definition) is 0. The number of nitrogens with zero attached hydrogens (tertiary/aromatic N) is 2. The fraction of sp³-hybridized carbons (Fsp3) is 0.467. The van der Waals surface area contributed by atoms with Gasteiger partial charge in [0, 0.05) is 5.38 Å². The Morgan fingerprint density at radius 1 is 1.26 bits per heavy atom. The Labute approximate surface area is 136 Å². The van der Waals surface area contributed by atoms with E-state index >= 15 is 0 Å². The summed E-state index contributed by atoms with van der Waals surface area (Å²) in [5.74, 6) is -1.12. The maximum atomic E-state index is 12.8. The van der Waals surface area contributed by atoms with Gasteiger partial charge in [-0.05, 0) is 27.7 Å². The molecule has 0 aliphatic rings. The topological polar surface area (TPSA) is 87.5 Å². The molecular formula is C15H18N2O5S. The van der Waals surface area contributed by atoms with Gasteiger partial charge in [0.15, 0.2) is 0 Å². The molecular weight excluding hydrogens is 320 g/mol. The van der Waals surface area contributed by atoms with Crippen molar-refractivity contribution >= 4 is 33.5 Å². The number of fused-ring (bicyclic) bond motifs is 1. The second-order valence-electron chi connectivity index (χ2n) is 5.25. The summed E-state index contributed by atoms with van der Waals surface area (Å²) in [6, 6.07) is 0. The maximum Gasteiger partial charge on any atom is 0.339 e. The molecule has 0 bridgehead atoms. The van der Waals surface area contributed by atoms with Gasteiger partial charge in [0.05, 0.1) is 24.2 Å². The minimum atomic E-state index is -1.23. The van der Waals surface area contributed by atoms with Crippen LogP contribution in [0.15, 0.2) is 16.5 Å². The van der Waals surface area contributed by atoms with Gasteiger partial charge in [-0.15, -0.1) is 11.3 Å². The van der Waals surface area contributed by atoms with Crippen molar-refractivity contribution in [3.05, 3.63) is 27.6 Å². The minimum Gasteiger partial charge on any atom is -0.464 e. The molecule has 0 radical (unpaired) electrons. The third-order valence-electron chi connectivity index (χ3n) is 3.37. The molecule has 0 spiro atoms. The van der Waals surface area contributed by atoms with E-state index in [4.69, 9.17) is 9.47 Å². The number of carbonyl (C=O) groups excluding carboxylic acids is 2. The summed E-state index contributed by atoms with van der Waals surface area (Å²) >= 11 is 1.18. The highest BCUT2D eigenvalue weighted by Gasteiger charge is 2.33. The second-order valence-corrected chi connectivity index (χ2v) is 6.11. The third kappa shape index (κ3) is 2.98. The number of thiophene rings is 1. The third-order valence-corrected chi connectivity index (χ3v) is 4.25. The smallest absolute Gasteiger partial charge is 0.339 e. The lowest BCUT2D eigenvalue weighted by Gasteiger charge is -2.24. The van der Waals surface area contributed by atoms with E-state index in [1.54, 1.807) is 33.1 Å². The summed E-state index contributed by atoms with van der Waals surface area (Å²) < 4.78 is 11.2. The zero-order valence-corrected chi connectivity index (χ0v) is 14.2. The van der Waals surface area contributed by atoms with Crippen molar-refractivity contribution in [2.45, 2.75) is 33.2 Å². The minimum absolute atomic E-state index is 0.160. The molecule has 124 valence electrons. The normalized spacial score (nSPS) is 11.5. The molecule has 2 rings (SSSR count). The molecule has 2 aromatic heterocycles. The molecule has 0 aromatic carbocycles. The Balaban J connectivity index is 2.62. The van der Waals surface area contributed by atoms with Gasteiger partial charge >= 0.3 is 11.9 Å². The number of carbonyl (C=O) groups is 2. The van der Waals surface area contributed by atoms with Crippen molar-refractivity contribution in [3.8, 4) is 0 Å². The monoisotopic (exact) mass is 338 g/mol. The van der Waals surface area contributed by atoms with Gasteiger partial charge < -0.3 is 9.47 Å². The van der Waals surface area contributed by atoms with E-state index in [0.29, 0.717) is 4.83 Å². The lowest BCUT2D eigenvalue weighted by atomic mass is 10.1. The van der Waals surface area contributed by atoms with Crippen molar-refractivity contribution < 1.29 is 19.1 Å². The Bertz CT molecular complexity index is 806. The molecule has 0 saturated carbocycles. The Morgan fingerprint density at radius 2 is 1.91 bits per heavy atom. The molecule has 0 unspecified atom stereocenters. The zero-order chi connectivity index (χ0) is 17.2. The fourth-order valence-corrected chi connectivity index (χ4v) is 2.96. The molecule has 0 aliphatic carbocycles. The van der Waals surface area contributed by atoms with E-state index in [1.165, 1.54) is 22.2 Å². The molecule has 0 fully saturated rings. The predicted molar refractivity (Wildman–Crippen MR) is 85.8 cm³/mol. The van der Waals surface area contributed by atoms with Crippen molar-refractivity contribution in [2.24, 2.45) is 0 Å². The van der Waals surface area contributed by atoms with E-state index in [-0.39, 0.29) is 24.2 Å². The van der Waals surface area contributed by atoms with Crippen molar-refractivity contribution in [1.82, 2.24) is 9.55 Å². The summed E-state index contributed by atoms with van der Waals surface area (Å²) in [5.41, 5.74) is -1.54. The Morgan fingerprint density at radius 3 is 2.52 bits per heavy atom. The predicted octanol–water partition coefficient (Wildman–Crippen LogP) is 1.93. The molecule has 0 saturated heterocycles. The number of rotatable bonds is 5. The van der Waals surface area contributed by atoms with Gasteiger partial charge in [-0.3, -0.25) is 9.36 Å². The summed E-state index contributed by atoms with van der Waals surface area (Å²) in [6.07, 6.45) is 1.30. The van der Waals surface area contributed by atoms with Crippen molar-refractivity contribution in [2.75, 3.05) is 13.2 Å². The summed E-state index contributed by atoms with van der Waals surface area (Å²) in [6.45, 7) is 6.92. The van der Waals surface area contributed by atoms with Crippen LogP contribution in [0.3, 0.4) is 0 Å². The molecule has 23 heavy (non-hydrogen) atoms. The molecule has 7 nitrogen and oxygen atoms in total. The van der Waals surface area contributed by atoms with Gasteiger partial charge in [0.25, 0.3) is 5.56 Å². The zero-order valence-electron chi connectivity index (χ0n) is 13.4. The van der Waals surface area contributed by atoms with E-state index < -0.39 is 23.0 Å². The molecule has 0 amide bonds. The van der Waals surface area contributed by atoms with Gasteiger partial charge in [0.1, 0.15) is 16.7 Å². The standard InChI is InChI=1S/C15H18N2O5S/c1-5-21-13(19)9-7-23-11-10(9)12(18)17(8-16-11)15(3,4)14(20)22-6-2/h7-8H,5-6H2,1-4H3. The quantitative estimate of drug-likeness (QED) is 0.774. The Hall–Kier alpha value is -2.22. The first-order valence-electron chi connectivity index (χ1n) is 7.18. The summed E-state index contributed by atoms with van der Waals surface area (Å²) in [7, 11) is 0. The second kappa shape index (κ2) is 6.49. The molecule has 2 heterocycles. The first-order chi connectivity index (χ1) is 10.8. The Kier molecular flexibility index (Phi) is 4.84. The molecule has 2 aromatic rings. The molecule has 0 aliphatic heterocycles. The van der Waals surface area contributed by atoms with Gasteiger partial charge in [-0.2, -0.15) is 0 Å². The first-order valence-corrected chi connectivity index (χ1v) is 8.06. The summed E-state index contributed by atoms with van der Waals surface area (Å²) in [5, 5.41) is 1.70. The van der Waals surface area contributed by atoms with Crippen LogP contribution < -0.4 is 5.56 Å². The highest BCUT2D eigenvalue weighted by molar-refractivity contribution is 7.17. The van der Waals surface area contributed by atoms with E-state index in [9.17, 15) is 14.4 Å². The van der Waals surface area contributed by atoms with E-state index in [2.05, 4.69) is 4.98 Å². The van der Waals surface area contributed by atoms with Gasteiger partial charge in [-0.25, -0.2) is 14.6 Å². The average molecular weight is 338 g/mol. The van der Waals surface area contributed by atoms with Crippen LogP contribution in [0.25, 0.3) is 10.2 Å². The fourth-order valence-electron chi connectivity index (χ4n) is 2.10. The van der Waals surface area contributed by atoms with Crippen LogP contribution in [0.4, 0.5) is 0 Å². The average Bonchev–Trinajstić information content (AvgIpc) is 2.92. The van der Waals surface area contributed by atoms with Crippen LogP contribution in [-0.4, -0.2) is 34.7 Å². The number of ether oxygens (including phenoxy) is 2. The number of hydrogen-bond acceptors (Lipinski definition) is 7. The highest BCUT2D eigenvalue weighted by atomic mass is 32.1. The molecule has 8 heteroatoms. The van der Waals surface area contributed by atoms with Crippen LogP contribution in [0.2, 0.25) is 0 Å². The highest BCUT2D eigenvalue weighted by Crippen LogP contribution is 2.23. The van der Waals surface area contributed by atoms with Crippen LogP contribution in [0.1, 0.15) is 38.1 Å². The van der Waals surface area contributed by atoms with E-state index in [1.807, 2.05) is 0 Å². The lowest BCUT2D eigenvalue weighted by Crippen LogP contribution is -2.44. The largest absolute Gasteiger partial charge is 0.464 e. The van der Waals surface area contributed by atoms with Crippen LogP contribution in [0, 0.1) is 0 Å². The summed E-state index contributed by atoms with van der Waals surface area (Å²) in [4.78, 5) is 41.5.